The SMILES string of the molecule is C(=C\c1ccc(N(c2ccccc2)c2ccc(/C=C/c3ccc(N(c4ccccc4)c4ccccc4)cc3)cc2)cc1)/c1ccc(N(c2ccccc2)c2ccccc2)cc1. The predicted octanol–water partition coefficient (Wildman–Crippen LogP) is 16.4. The van der Waals surface area contributed by atoms with Crippen molar-refractivity contribution in [2.75, 3.05) is 14.7 Å². The van der Waals surface area contributed by atoms with E-state index in [1.165, 1.54) is 0 Å². The van der Waals surface area contributed by atoms with E-state index in [4.69, 9.17) is 0 Å². The molecule has 0 aliphatic rings. The highest BCUT2D eigenvalue weighted by Crippen LogP contribution is 2.37. The fourth-order valence-electron chi connectivity index (χ4n) is 7.55. The van der Waals surface area contributed by atoms with E-state index < -0.39 is 0 Å². The summed E-state index contributed by atoms with van der Waals surface area (Å²) >= 11 is 0. The zero-order chi connectivity index (χ0) is 41.1. The molecule has 0 fully saturated rings. The van der Waals surface area contributed by atoms with Crippen molar-refractivity contribution in [3.05, 3.63) is 271 Å². The van der Waals surface area contributed by atoms with Gasteiger partial charge in [0.15, 0.2) is 0 Å². The van der Waals surface area contributed by atoms with Crippen molar-refractivity contribution in [2.24, 2.45) is 0 Å². The summed E-state index contributed by atoms with van der Waals surface area (Å²) < 4.78 is 0. The molecule has 0 saturated heterocycles. The maximum Gasteiger partial charge on any atom is 0.0462 e. The number of nitrogens with zero attached hydrogens (tertiary/aromatic N) is 3. The average molecular weight is 784 g/mol. The van der Waals surface area contributed by atoms with E-state index in [-0.39, 0.29) is 0 Å². The molecule has 9 aromatic carbocycles. The molecule has 0 atom stereocenters. The van der Waals surface area contributed by atoms with Crippen molar-refractivity contribution in [2.45, 2.75) is 0 Å². The Labute approximate surface area is 359 Å². The molecule has 0 aliphatic heterocycles. The Kier molecular flexibility index (Phi) is 11.7. The molecule has 0 radical (unpaired) electrons. The molecule has 0 aliphatic carbocycles. The lowest BCUT2D eigenvalue weighted by molar-refractivity contribution is 1.28. The standard InChI is InChI=1S/C58H45N3/c1-6-16-50(17-7-1)59(51-18-8-2-9-19-51)55-38-30-46(31-39-55)26-28-48-34-42-57(43-35-48)61(54-24-14-5-15-25-54)58-44-36-49(37-45-58)29-27-47-32-40-56(41-33-47)60(52-20-10-3-11-21-52)53-22-12-4-13-23-53/h1-45H/b28-26+,29-27+. The quantitative estimate of drug-likeness (QED) is 0.108. The second-order valence-electron chi connectivity index (χ2n) is 14.7. The first-order chi connectivity index (χ1) is 30.2. The molecule has 0 N–H and O–H groups in total. The molecule has 292 valence electrons. The van der Waals surface area contributed by atoms with Gasteiger partial charge < -0.3 is 14.7 Å². The van der Waals surface area contributed by atoms with Crippen LogP contribution in [0.3, 0.4) is 0 Å². The summed E-state index contributed by atoms with van der Waals surface area (Å²) in [6.45, 7) is 0. The fraction of sp³-hybridized carbons (Fsp3) is 0. The fourth-order valence-corrected chi connectivity index (χ4v) is 7.55. The van der Waals surface area contributed by atoms with Gasteiger partial charge in [-0.2, -0.15) is 0 Å². The van der Waals surface area contributed by atoms with Crippen LogP contribution in [0.25, 0.3) is 24.3 Å². The molecular weight excluding hydrogens is 739 g/mol. The van der Waals surface area contributed by atoms with Gasteiger partial charge in [-0.3, -0.25) is 0 Å². The number of hydrogen-bond donors (Lipinski definition) is 0. The molecule has 0 heterocycles. The van der Waals surface area contributed by atoms with E-state index in [9.17, 15) is 0 Å². The smallest absolute Gasteiger partial charge is 0.0462 e. The molecule has 3 nitrogen and oxygen atoms in total. The van der Waals surface area contributed by atoms with Crippen LogP contribution in [-0.2, 0) is 0 Å². The minimum absolute atomic E-state index is 1.10. The number of hydrogen-bond acceptors (Lipinski definition) is 3. The van der Waals surface area contributed by atoms with Crippen LogP contribution in [0.5, 0.6) is 0 Å². The number of para-hydroxylation sites is 5. The molecule has 0 aromatic heterocycles. The van der Waals surface area contributed by atoms with Crippen molar-refractivity contribution < 1.29 is 0 Å². The first-order valence-corrected chi connectivity index (χ1v) is 20.7. The first-order valence-electron chi connectivity index (χ1n) is 20.7. The monoisotopic (exact) mass is 783 g/mol. The van der Waals surface area contributed by atoms with Crippen LogP contribution in [0.4, 0.5) is 51.2 Å². The van der Waals surface area contributed by atoms with Crippen LogP contribution in [-0.4, -0.2) is 0 Å². The van der Waals surface area contributed by atoms with Gasteiger partial charge in [0.05, 0.1) is 0 Å². The summed E-state index contributed by atoms with van der Waals surface area (Å²) in [6, 6.07) is 87.5. The molecule has 0 saturated carbocycles. The Morgan fingerprint density at radius 2 is 0.311 bits per heavy atom. The van der Waals surface area contributed by atoms with Gasteiger partial charge in [0.1, 0.15) is 0 Å². The second-order valence-corrected chi connectivity index (χ2v) is 14.7. The summed E-state index contributed by atoms with van der Waals surface area (Å²) in [4.78, 5) is 6.86. The molecule has 3 heteroatoms. The lowest BCUT2D eigenvalue weighted by Crippen LogP contribution is -2.09. The Morgan fingerprint density at radius 1 is 0.164 bits per heavy atom. The van der Waals surface area contributed by atoms with Gasteiger partial charge in [-0.1, -0.05) is 164 Å². The highest BCUT2D eigenvalue weighted by molar-refractivity contribution is 5.82. The van der Waals surface area contributed by atoms with Gasteiger partial charge in [0.25, 0.3) is 0 Å². The summed E-state index contributed by atoms with van der Waals surface area (Å²) in [5.41, 5.74) is 14.6. The maximum absolute atomic E-state index is 2.30. The Hall–Kier alpha value is -8.14. The zero-order valence-corrected chi connectivity index (χ0v) is 33.8. The van der Waals surface area contributed by atoms with Gasteiger partial charge in [0, 0.05) is 51.2 Å². The normalized spacial score (nSPS) is 11.1. The molecule has 61 heavy (non-hydrogen) atoms. The highest BCUT2D eigenvalue weighted by atomic mass is 15.2. The van der Waals surface area contributed by atoms with Crippen LogP contribution in [0.1, 0.15) is 22.3 Å². The van der Waals surface area contributed by atoms with Crippen LogP contribution in [0.15, 0.2) is 249 Å². The van der Waals surface area contributed by atoms with Crippen molar-refractivity contribution >= 4 is 75.5 Å². The molecule has 0 amide bonds. The van der Waals surface area contributed by atoms with Crippen LogP contribution < -0.4 is 14.7 Å². The van der Waals surface area contributed by atoms with Gasteiger partial charge in [0.2, 0.25) is 0 Å². The number of rotatable bonds is 13. The Morgan fingerprint density at radius 3 is 0.475 bits per heavy atom. The van der Waals surface area contributed by atoms with Crippen molar-refractivity contribution in [3.63, 3.8) is 0 Å². The van der Waals surface area contributed by atoms with Crippen molar-refractivity contribution in [3.8, 4) is 0 Å². The summed E-state index contributed by atoms with van der Waals surface area (Å²) in [6.07, 6.45) is 8.70. The minimum Gasteiger partial charge on any atom is -0.311 e. The van der Waals surface area contributed by atoms with Crippen LogP contribution in [0.2, 0.25) is 0 Å². The van der Waals surface area contributed by atoms with E-state index in [0.29, 0.717) is 0 Å². The average Bonchev–Trinajstić information content (AvgIpc) is 3.34. The molecule has 0 spiro atoms. The maximum atomic E-state index is 2.30. The third-order valence-corrected chi connectivity index (χ3v) is 10.6. The molecular formula is C58H45N3. The molecule has 9 rings (SSSR count). The van der Waals surface area contributed by atoms with E-state index >= 15 is 0 Å². The predicted molar refractivity (Wildman–Crippen MR) is 261 cm³/mol. The Bertz CT molecular complexity index is 2530. The first kappa shape index (κ1) is 38.4. The lowest BCUT2D eigenvalue weighted by Gasteiger charge is -2.25. The summed E-state index contributed by atoms with van der Waals surface area (Å²) in [7, 11) is 0. The van der Waals surface area contributed by atoms with E-state index in [1.54, 1.807) is 0 Å². The van der Waals surface area contributed by atoms with Crippen LogP contribution >= 0.6 is 0 Å². The third kappa shape index (κ3) is 9.28. The van der Waals surface area contributed by atoms with Gasteiger partial charge >= 0.3 is 0 Å². The Balaban J connectivity index is 0.895. The summed E-state index contributed by atoms with van der Waals surface area (Å²) in [5, 5.41) is 0. The minimum atomic E-state index is 1.10. The second kappa shape index (κ2) is 18.6. The third-order valence-electron chi connectivity index (χ3n) is 10.6. The highest BCUT2D eigenvalue weighted by Gasteiger charge is 2.14. The zero-order valence-electron chi connectivity index (χ0n) is 33.8. The summed E-state index contributed by atoms with van der Waals surface area (Å²) in [5.74, 6) is 0. The topological polar surface area (TPSA) is 9.72 Å². The van der Waals surface area contributed by atoms with Gasteiger partial charge in [-0.15, -0.1) is 0 Å². The lowest BCUT2D eigenvalue weighted by atomic mass is 10.1. The van der Waals surface area contributed by atoms with Crippen molar-refractivity contribution in [1.82, 2.24) is 0 Å². The molecule has 0 bridgehead atoms. The van der Waals surface area contributed by atoms with Crippen molar-refractivity contribution in [1.29, 1.82) is 0 Å². The van der Waals surface area contributed by atoms with E-state index in [0.717, 1.165) is 73.4 Å². The van der Waals surface area contributed by atoms with E-state index in [1.807, 2.05) is 0 Å². The number of anilines is 9. The molecule has 9 aromatic rings. The molecule has 0 unspecified atom stereocenters. The van der Waals surface area contributed by atoms with Gasteiger partial charge in [-0.05, 0) is 131 Å². The number of benzene rings is 9. The van der Waals surface area contributed by atoms with Gasteiger partial charge in [-0.25, -0.2) is 0 Å². The van der Waals surface area contributed by atoms with Crippen LogP contribution in [0, 0.1) is 0 Å². The van der Waals surface area contributed by atoms with E-state index in [2.05, 4.69) is 288 Å². The largest absolute Gasteiger partial charge is 0.311 e.